The van der Waals surface area contributed by atoms with E-state index in [0.29, 0.717) is 15.6 Å². The number of hydrogen-bond acceptors (Lipinski definition) is 3. The standard InChI is InChI=1S/C14H10Cl2N2O/c15-12-4-3-10(8-13(12)16)14(19)5-7-18-11-2-1-6-17-9-11/h1-9,18H/b7-5-. The molecule has 1 N–H and O–H groups in total. The van der Waals surface area contributed by atoms with Gasteiger partial charge in [0.2, 0.25) is 0 Å². The maximum atomic E-state index is 11.9. The van der Waals surface area contributed by atoms with E-state index in [9.17, 15) is 4.79 Å². The van der Waals surface area contributed by atoms with Crippen LogP contribution in [0.25, 0.3) is 0 Å². The van der Waals surface area contributed by atoms with Crippen molar-refractivity contribution in [3.05, 3.63) is 70.6 Å². The summed E-state index contributed by atoms with van der Waals surface area (Å²) in [6, 6.07) is 8.42. The molecule has 0 saturated heterocycles. The molecule has 0 radical (unpaired) electrons. The van der Waals surface area contributed by atoms with Crippen molar-refractivity contribution in [2.45, 2.75) is 0 Å². The first kappa shape index (κ1) is 13.6. The van der Waals surface area contributed by atoms with E-state index >= 15 is 0 Å². The number of nitrogens with zero attached hydrogens (tertiary/aromatic N) is 1. The highest BCUT2D eigenvalue weighted by molar-refractivity contribution is 6.42. The highest BCUT2D eigenvalue weighted by Gasteiger charge is 2.04. The average molecular weight is 293 g/mol. The molecule has 2 aromatic rings. The molecule has 0 amide bonds. The molecule has 1 heterocycles. The van der Waals surface area contributed by atoms with Crippen LogP contribution in [0.1, 0.15) is 10.4 Å². The zero-order valence-electron chi connectivity index (χ0n) is 9.81. The van der Waals surface area contributed by atoms with Gasteiger partial charge in [-0.1, -0.05) is 23.2 Å². The van der Waals surface area contributed by atoms with Crippen LogP contribution in [0, 0.1) is 0 Å². The lowest BCUT2D eigenvalue weighted by Crippen LogP contribution is -1.96. The summed E-state index contributed by atoms with van der Waals surface area (Å²) in [6.45, 7) is 0. The maximum Gasteiger partial charge on any atom is 0.187 e. The fourth-order valence-electron chi connectivity index (χ4n) is 1.41. The molecule has 1 aromatic carbocycles. The molecule has 0 spiro atoms. The number of benzene rings is 1. The molecular formula is C14H10Cl2N2O. The Labute approximate surface area is 120 Å². The average Bonchev–Trinajstić information content (AvgIpc) is 2.43. The van der Waals surface area contributed by atoms with Gasteiger partial charge in [0.15, 0.2) is 5.78 Å². The van der Waals surface area contributed by atoms with Crippen molar-refractivity contribution in [2.75, 3.05) is 5.32 Å². The van der Waals surface area contributed by atoms with Gasteiger partial charge in [0.1, 0.15) is 0 Å². The number of anilines is 1. The number of hydrogen-bond donors (Lipinski definition) is 1. The van der Waals surface area contributed by atoms with Gasteiger partial charge in [0, 0.05) is 24.0 Å². The number of pyridine rings is 1. The van der Waals surface area contributed by atoms with Crippen LogP contribution in [0.3, 0.4) is 0 Å². The van der Waals surface area contributed by atoms with Crippen molar-refractivity contribution >= 4 is 34.7 Å². The Morgan fingerprint density at radius 1 is 1.21 bits per heavy atom. The number of carbonyl (C=O) groups excluding carboxylic acids is 1. The van der Waals surface area contributed by atoms with E-state index in [0.717, 1.165) is 5.69 Å². The van der Waals surface area contributed by atoms with E-state index in [1.807, 2.05) is 6.07 Å². The third-order valence-electron chi connectivity index (χ3n) is 2.35. The first-order valence-electron chi connectivity index (χ1n) is 5.49. The summed E-state index contributed by atoms with van der Waals surface area (Å²) in [5.41, 5.74) is 1.29. The van der Waals surface area contributed by atoms with Crippen molar-refractivity contribution in [1.29, 1.82) is 0 Å². The summed E-state index contributed by atoms with van der Waals surface area (Å²) in [5, 5.41) is 3.74. The predicted octanol–water partition coefficient (Wildman–Crippen LogP) is 4.20. The van der Waals surface area contributed by atoms with Gasteiger partial charge in [0.25, 0.3) is 0 Å². The topological polar surface area (TPSA) is 42.0 Å². The largest absolute Gasteiger partial charge is 0.360 e. The monoisotopic (exact) mass is 292 g/mol. The molecule has 0 aliphatic rings. The molecule has 3 nitrogen and oxygen atoms in total. The summed E-state index contributed by atoms with van der Waals surface area (Å²) >= 11 is 11.6. The van der Waals surface area contributed by atoms with Crippen LogP contribution < -0.4 is 5.32 Å². The predicted molar refractivity (Wildman–Crippen MR) is 77.8 cm³/mol. The quantitative estimate of drug-likeness (QED) is 0.678. The minimum atomic E-state index is -0.157. The fourth-order valence-corrected chi connectivity index (χ4v) is 1.71. The molecule has 0 aliphatic carbocycles. The molecule has 0 unspecified atom stereocenters. The van der Waals surface area contributed by atoms with Crippen LogP contribution in [-0.4, -0.2) is 10.8 Å². The summed E-state index contributed by atoms with van der Waals surface area (Å²) < 4.78 is 0. The maximum absolute atomic E-state index is 11.9. The second kappa shape index (κ2) is 6.36. The van der Waals surface area contributed by atoms with Gasteiger partial charge < -0.3 is 5.32 Å². The summed E-state index contributed by atoms with van der Waals surface area (Å²) in [7, 11) is 0. The van der Waals surface area contributed by atoms with Crippen molar-refractivity contribution in [3.63, 3.8) is 0 Å². The third-order valence-corrected chi connectivity index (χ3v) is 3.09. The lowest BCUT2D eigenvalue weighted by molar-refractivity contribution is 0.104. The molecule has 0 aliphatic heterocycles. The highest BCUT2D eigenvalue weighted by atomic mass is 35.5. The van der Waals surface area contributed by atoms with Crippen LogP contribution >= 0.6 is 23.2 Å². The van der Waals surface area contributed by atoms with E-state index < -0.39 is 0 Å². The Kier molecular flexibility index (Phi) is 4.55. The van der Waals surface area contributed by atoms with Gasteiger partial charge in [-0.15, -0.1) is 0 Å². The van der Waals surface area contributed by atoms with Crippen molar-refractivity contribution in [2.24, 2.45) is 0 Å². The molecule has 1 aromatic heterocycles. The van der Waals surface area contributed by atoms with E-state index in [1.54, 1.807) is 42.9 Å². The molecule has 2 rings (SSSR count). The van der Waals surface area contributed by atoms with Gasteiger partial charge in [-0.25, -0.2) is 0 Å². The molecule has 0 bridgehead atoms. The molecule has 5 heteroatoms. The van der Waals surface area contributed by atoms with Crippen molar-refractivity contribution in [1.82, 2.24) is 4.98 Å². The first-order chi connectivity index (χ1) is 9.16. The van der Waals surface area contributed by atoms with Crippen molar-refractivity contribution < 1.29 is 4.79 Å². The normalized spacial score (nSPS) is 10.6. The minimum Gasteiger partial charge on any atom is -0.360 e. The van der Waals surface area contributed by atoms with Crippen LogP contribution in [0.15, 0.2) is 55.0 Å². The number of halogens is 2. The smallest absolute Gasteiger partial charge is 0.187 e. The number of allylic oxidation sites excluding steroid dienone is 1. The second-order valence-electron chi connectivity index (χ2n) is 3.71. The van der Waals surface area contributed by atoms with Crippen LogP contribution in [0.2, 0.25) is 10.0 Å². The number of nitrogens with one attached hydrogen (secondary N) is 1. The molecule has 96 valence electrons. The van der Waals surface area contributed by atoms with Gasteiger partial charge in [-0.3, -0.25) is 9.78 Å². The Morgan fingerprint density at radius 2 is 2.05 bits per heavy atom. The van der Waals surface area contributed by atoms with E-state index in [1.165, 1.54) is 6.08 Å². The Hall–Kier alpha value is -1.84. The van der Waals surface area contributed by atoms with Gasteiger partial charge >= 0.3 is 0 Å². The zero-order valence-corrected chi connectivity index (χ0v) is 11.3. The fraction of sp³-hybridized carbons (Fsp3) is 0. The number of aromatic nitrogens is 1. The third kappa shape index (κ3) is 3.81. The SMILES string of the molecule is O=C(/C=C\Nc1cccnc1)c1ccc(Cl)c(Cl)c1. The molecule has 0 fully saturated rings. The second-order valence-corrected chi connectivity index (χ2v) is 4.53. The van der Waals surface area contributed by atoms with Gasteiger partial charge in [-0.2, -0.15) is 0 Å². The zero-order chi connectivity index (χ0) is 13.7. The molecule has 0 saturated carbocycles. The minimum absolute atomic E-state index is 0.157. The number of rotatable bonds is 4. The van der Waals surface area contributed by atoms with E-state index in [-0.39, 0.29) is 5.78 Å². The summed E-state index contributed by atoms with van der Waals surface area (Å²) in [4.78, 5) is 15.8. The highest BCUT2D eigenvalue weighted by Crippen LogP contribution is 2.22. The molecule has 0 atom stereocenters. The van der Waals surface area contributed by atoms with E-state index in [2.05, 4.69) is 10.3 Å². The van der Waals surface area contributed by atoms with E-state index in [4.69, 9.17) is 23.2 Å². The van der Waals surface area contributed by atoms with Crippen LogP contribution in [-0.2, 0) is 0 Å². The van der Waals surface area contributed by atoms with Crippen molar-refractivity contribution in [3.8, 4) is 0 Å². The lowest BCUT2D eigenvalue weighted by atomic mass is 10.1. The Bertz CT molecular complexity index is 612. The summed E-state index contributed by atoms with van der Waals surface area (Å²) in [6.07, 6.45) is 6.32. The van der Waals surface area contributed by atoms with Crippen LogP contribution in [0.5, 0.6) is 0 Å². The Balaban J connectivity index is 2.02. The van der Waals surface area contributed by atoms with Gasteiger partial charge in [-0.05, 0) is 30.3 Å². The summed E-state index contributed by atoms with van der Waals surface area (Å²) in [5.74, 6) is -0.157. The first-order valence-corrected chi connectivity index (χ1v) is 6.25. The Morgan fingerprint density at radius 3 is 2.74 bits per heavy atom. The number of carbonyl (C=O) groups is 1. The number of ketones is 1. The van der Waals surface area contributed by atoms with Crippen LogP contribution in [0.4, 0.5) is 5.69 Å². The molecule has 19 heavy (non-hydrogen) atoms. The lowest BCUT2D eigenvalue weighted by Gasteiger charge is -2.00. The van der Waals surface area contributed by atoms with Gasteiger partial charge in [0.05, 0.1) is 21.9 Å². The molecular weight excluding hydrogens is 283 g/mol.